The van der Waals surface area contributed by atoms with Crippen molar-refractivity contribution in [2.75, 3.05) is 35.6 Å². The van der Waals surface area contributed by atoms with Gasteiger partial charge in [0.1, 0.15) is 6.04 Å². The molecule has 5 amide bonds. The average Bonchev–Trinajstić information content (AvgIpc) is 3.87. The third-order valence-electron chi connectivity index (χ3n) is 10.00. The van der Waals surface area contributed by atoms with Crippen LogP contribution in [0.15, 0.2) is 71.8 Å². The molecule has 1 atom stereocenters. The van der Waals surface area contributed by atoms with Crippen molar-refractivity contribution in [3.63, 3.8) is 0 Å². The number of piperidine rings is 1. The molecule has 0 saturated carbocycles. The lowest BCUT2D eigenvalue weighted by Gasteiger charge is -2.29. The average molecular weight is 888 g/mol. The Bertz CT molecular complexity index is 2470. The molecule has 2 aromatic heterocycles. The van der Waals surface area contributed by atoms with Gasteiger partial charge >= 0.3 is 5.00 Å². The van der Waals surface area contributed by atoms with Crippen LogP contribution >= 0.6 is 11.3 Å². The minimum atomic E-state index is -4.12. The number of imide groups is 1. The number of ether oxygens (including phenoxy) is 1. The summed E-state index contributed by atoms with van der Waals surface area (Å²) in [6.45, 7) is 1.40. The van der Waals surface area contributed by atoms with Gasteiger partial charge in [-0.2, -0.15) is 0 Å². The number of hydrogen-bond acceptors (Lipinski definition) is 14. The van der Waals surface area contributed by atoms with Gasteiger partial charge in [0.25, 0.3) is 21.8 Å². The summed E-state index contributed by atoms with van der Waals surface area (Å²) < 4.78 is 33.9. The van der Waals surface area contributed by atoms with Gasteiger partial charge in [0.15, 0.2) is 0 Å². The number of benzene rings is 2. The molecule has 1 saturated heterocycles. The number of thiophene rings is 1. The molecule has 2 aliphatic heterocycles. The summed E-state index contributed by atoms with van der Waals surface area (Å²) in [6.07, 6.45) is 9.37. The zero-order chi connectivity index (χ0) is 44.2. The van der Waals surface area contributed by atoms with Gasteiger partial charge in [-0.15, -0.1) is 0 Å². The Hall–Kier alpha value is -6.74. The van der Waals surface area contributed by atoms with E-state index in [2.05, 4.69) is 36.0 Å². The van der Waals surface area contributed by atoms with E-state index in [0.717, 1.165) is 48.3 Å². The van der Waals surface area contributed by atoms with Crippen LogP contribution in [0.4, 0.5) is 22.2 Å². The number of nitro groups is 1. The quantitative estimate of drug-likeness (QED) is 0.0248. The summed E-state index contributed by atoms with van der Waals surface area (Å²) in [5, 5.41) is 22.1. The second-order valence-corrected chi connectivity index (χ2v) is 17.2. The number of aryl methyl sites for hydroxylation is 1. The van der Waals surface area contributed by atoms with Crippen molar-refractivity contribution in [3.8, 4) is 5.88 Å². The van der Waals surface area contributed by atoms with Crippen LogP contribution in [0.1, 0.15) is 77.9 Å². The number of amides is 5. The van der Waals surface area contributed by atoms with Crippen LogP contribution in [-0.2, 0) is 42.2 Å². The fourth-order valence-corrected chi connectivity index (χ4v) is 8.57. The second kappa shape index (κ2) is 20.7. The maximum Gasteiger partial charge on any atom is 0.324 e. The summed E-state index contributed by atoms with van der Waals surface area (Å²) in [6, 6.07) is 13.1. The van der Waals surface area contributed by atoms with Crippen LogP contribution in [0.25, 0.3) is 6.08 Å². The molecule has 2 aromatic carbocycles. The van der Waals surface area contributed by atoms with Gasteiger partial charge < -0.3 is 25.6 Å². The van der Waals surface area contributed by atoms with Gasteiger partial charge in [-0.25, -0.2) is 18.4 Å². The molecule has 1 fully saturated rings. The molecule has 21 heteroatoms. The summed E-state index contributed by atoms with van der Waals surface area (Å²) in [5.41, 5.74) is 3.12. The highest BCUT2D eigenvalue weighted by Gasteiger charge is 2.39. The van der Waals surface area contributed by atoms with Gasteiger partial charge in [-0.05, 0) is 80.6 Å². The van der Waals surface area contributed by atoms with E-state index < -0.39 is 32.8 Å². The highest BCUT2D eigenvalue weighted by atomic mass is 32.2. The van der Waals surface area contributed by atoms with E-state index in [1.54, 1.807) is 6.07 Å². The third-order valence-corrected chi connectivity index (χ3v) is 12.4. The first-order chi connectivity index (χ1) is 29.8. The number of methoxy groups -OCH3 is 1. The van der Waals surface area contributed by atoms with Crippen molar-refractivity contribution in [2.24, 2.45) is 0 Å². The summed E-state index contributed by atoms with van der Waals surface area (Å²) >= 11 is 0.923. The summed E-state index contributed by atoms with van der Waals surface area (Å²) in [4.78, 5) is 82.6. The molecular weight excluding hydrogens is 843 g/mol. The van der Waals surface area contributed by atoms with Gasteiger partial charge in [-0.1, -0.05) is 30.2 Å². The Balaban J connectivity index is 0.856. The molecule has 62 heavy (non-hydrogen) atoms. The van der Waals surface area contributed by atoms with Crippen LogP contribution in [0, 0.1) is 10.1 Å². The van der Waals surface area contributed by atoms with Crippen molar-refractivity contribution < 1.29 is 42.1 Å². The summed E-state index contributed by atoms with van der Waals surface area (Å²) in [5.74, 6) is -1.69. The molecule has 19 nitrogen and oxygen atoms in total. The number of carbonyl (C=O) groups is 5. The number of carbonyl (C=O) groups excluding carboxylic acids is 5. The number of sulfonamides is 1. The number of fused-ring (bicyclic) bond motifs is 1. The van der Waals surface area contributed by atoms with Crippen molar-refractivity contribution in [2.45, 2.75) is 75.3 Å². The maximum absolute atomic E-state index is 13.1. The van der Waals surface area contributed by atoms with Crippen LogP contribution in [0.2, 0.25) is 0 Å². The highest BCUT2D eigenvalue weighted by molar-refractivity contribution is 7.92. The van der Waals surface area contributed by atoms with E-state index in [0.29, 0.717) is 67.1 Å². The topological polar surface area (TPSA) is 261 Å². The maximum atomic E-state index is 13.1. The molecule has 4 heterocycles. The molecule has 4 aromatic rings. The monoisotopic (exact) mass is 887 g/mol. The first-order valence-corrected chi connectivity index (χ1v) is 22.1. The molecule has 0 bridgehead atoms. The molecule has 5 N–H and O–H groups in total. The zero-order valence-corrected chi connectivity index (χ0v) is 35.3. The van der Waals surface area contributed by atoms with Crippen molar-refractivity contribution in [3.05, 3.63) is 98.7 Å². The third kappa shape index (κ3) is 11.8. The zero-order valence-electron chi connectivity index (χ0n) is 33.7. The number of nitrogens with zero attached hydrogens (tertiary/aromatic N) is 4. The molecule has 6 rings (SSSR count). The van der Waals surface area contributed by atoms with E-state index in [-0.39, 0.29) is 45.7 Å². The first-order valence-electron chi connectivity index (χ1n) is 19.8. The Morgan fingerprint density at radius 3 is 2.56 bits per heavy atom. The van der Waals surface area contributed by atoms with E-state index in [1.807, 2.05) is 12.1 Å². The van der Waals surface area contributed by atoms with E-state index >= 15 is 0 Å². The Morgan fingerprint density at radius 2 is 1.82 bits per heavy atom. The van der Waals surface area contributed by atoms with Crippen molar-refractivity contribution >= 4 is 79.2 Å². The molecular formula is C41H45N9O10S2. The Labute approximate surface area is 360 Å². The molecule has 326 valence electrons. The predicted molar refractivity (Wildman–Crippen MR) is 230 cm³/mol. The van der Waals surface area contributed by atoms with Crippen LogP contribution < -0.4 is 30.7 Å². The van der Waals surface area contributed by atoms with E-state index in [1.165, 1.54) is 66.8 Å². The number of nitrogens with one attached hydrogen (secondary N) is 5. The number of rotatable bonds is 21. The number of hydrogen-bond donors (Lipinski definition) is 5. The lowest BCUT2D eigenvalue weighted by molar-refractivity contribution is -0.380. The van der Waals surface area contributed by atoms with Crippen molar-refractivity contribution in [1.29, 1.82) is 0 Å². The molecule has 0 aliphatic carbocycles. The molecule has 1 unspecified atom stereocenters. The van der Waals surface area contributed by atoms with Gasteiger partial charge in [0.2, 0.25) is 29.4 Å². The lowest BCUT2D eigenvalue weighted by atomic mass is 10.0. The number of aromatic nitrogens is 2. The molecule has 2 aliphatic rings. The minimum absolute atomic E-state index is 0.0312. The van der Waals surface area contributed by atoms with Gasteiger partial charge in [-0.3, -0.25) is 44.1 Å². The fourth-order valence-electron chi connectivity index (χ4n) is 6.84. The fraction of sp³-hybridized carbons (Fsp3) is 0.341. The van der Waals surface area contributed by atoms with E-state index in [4.69, 9.17) is 4.74 Å². The smallest absolute Gasteiger partial charge is 0.324 e. The van der Waals surface area contributed by atoms with Gasteiger partial charge in [0.05, 0.1) is 28.8 Å². The standard InChI is InChI=1S/C41H45N9O10S2/c1-60-40-38(48-62(58,59)29-16-12-26(13-17-29)45-35(52)19-14-28-15-21-37(61-28)50(56)57)44-24-27(46-40)8-7-23-43-34(51)11-4-2-3-5-22-42-32-10-6-9-30-31(32)25-49(41(30)55)33-18-20-36(53)47-39(33)54/h6,9-10,12-17,19,21,24,33,42H,2-5,7-8,11,18,20,22-23,25H2,1H3,(H,43,51)(H,44,48)(H,45,52)(H,47,53,54)/b19-14+. The predicted octanol–water partition coefficient (Wildman–Crippen LogP) is 4.78. The van der Waals surface area contributed by atoms with Crippen molar-refractivity contribution in [1.82, 2.24) is 25.5 Å². The largest absolute Gasteiger partial charge is 0.478 e. The minimum Gasteiger partial charge on any atom is -0.478 e. The Morgan fingerprint density at radius 1 is 1.03 bits per heavy atom. The second-order valence-electron chi connectivity index (χ2n) is 14.4. The molecule has 0 radical (unpaired) electrons. The lowest BCUT2D eigenvalue weighted by Crippen LogP contribution is -2.52. The highest BCUT2D eigenvalue weighted by Crippen LogP contribution is 2.32. The van der Waals surface area contributed by atoms with E-state index in [9.17, 15) is 42.5 Å². The normalized spacial score (nSPS) is 15.0. The van der Waals surface area contributed by atoms with Crippen LogP contribution in [0.5, 0.6) is 5.88 Å². The number of unbranched alkanes of at least 4 members (excludes halogenated alkanes) is 3. The molecule has 0 spiro atoms. The Kier molecular flexibility index (Phi) is 14.9. The first kappa shape index (κ1) is 44.8. The number of anilines is 3. The van der Waals surface area contributed by atoms with Crippen LogP contribution in [0.3, 0.4) is 0 Å². The SMILES string of the molecule is COc1nc(CCCNC(=O)CCCCCCNc2cccc3c2CN(C2CCC(=O)NC2=O)C3=O)cnc1NS(=O)(=O)c1ccc(NC(=O)/C=C/c2ccc([N+](=O)[O-])s2)cc1. The van der Waals surface area contributed by atoms with Gasteiger partial charge in [0, 0.05) is 72.0 Å². The van der Waals surface area contributed by atoms with Crippen LogP contribution in [-0.4, -0.2) is 84.0 Å². The summed E-state index contributed by atoms with van der Waals surface area (Å²) in [7, 11) is -2.78.